The number of hydrogen-bond acceptors (Lipinski definition) is 3. The Kier molecular flexibility index (Phi) is 3.82. The Labute approximate surface area is 97.3 Å². The van der Waals surface area contributed by atoms with Gasteiger partial charge in [0.15, 0.2) is 0 Å². The minimum atomic E-state index is 0.0438. The van der Waals surface area contributed by atoms with E-state index in [0.717, 1.165) is 32.6 Å². The second-order valence-corrected chi connectivity index (χ2v) is 5.33. The smallest absolute Gasteiger partial charge is 0.240 e. The van der Waals surface area contributed by atoms with Gasteiger partial charge in [0.25, 0.3) is 0 Å². The van der Waals surface area contributed by atoms with E-state index in [4.69, 9.17) is 4.74 Å². The van der Waals surface area contributed by atoms with Gasteiger partial charge in [0.1, 0.15) is 0 Å². The Morgan fingerprint density at radius 3 is 3.00 bits per heavy atom. The van der Waals surface area contributed by atoms with Gasteiger partial charge in [-0.2, -0.15) is 0 Å². The van der Waals surface area contributed by atoms with Crippen molar-refractivity contribution in [2.24, 2.45) is 11.8 Å². The summed E-state index contributed by atoms with van der Waals surface area (Å²) in [6.45, 7) is 7.56. The standard InChI is InChI=1S/C12H22N2O2/c1-9(2)5-11-12(15)14(8-13-11)6-10-3-4-16-7-10/h9-11,13H,3-8H2,1-2H3. The van der Waals surface area contributed by atoms with Crippen molar-refractivity contribution < 1.29 is 9.53 Å². The van der Waals surface area contributed by atoms with Crippen LogP contribution in [0.1, 0.15) is 26.7 Å². The van der Waals surface area contributed by atoms with Crippen molar-refractivity contribution in [2.75, 3.05) is 26.4 Å². The summed E-state index contributed by atoms with van der Waals surface area (Å²) in [5.74, 6) is 1.39. The van der Waals surface area contributed by atoms with Crippen LogP contribution in [-0.4, -0.2) is 43.3 Å². The molecule has 0 spiro atoms. The van der Waals surface area contributed by atoms with Crippen molar-refractivity contribution in [3.63, 3.8) is 0 Å². The monoisotopic (exact) mass is 226 g/mol. The number of rotatable bonds is 4. The highest BCUT2D eigenvalue weighted by atomic mass is 16.5. The summed E-state index contributed by atoms with van der Waals surface area (Å²) in [7, 11) is 0. The van der Waals surface area contributed by atoms with E-state index < -0.39 is 0 Å². The van der Waals surface area contributed by atoms with Crippen molar-refractivity contribution in [1.29, 1.82) is 0 Å². The molecule has 0 bridgehead atoms. The van der Waals surface area contributed by atoms with Gasteiger partial charge in [-0.1, -0.05) is 13.8 Å². The molecule has 2 saturated heterocycles. The van der Waals surface area contributed by atoms with E-state index in [-0.39, 0.29) is 11.9 Å². The van der Waals surface area contributed by atoms with Crippen LogP contribution < -0.4 is 5.32 Å². The first-order chi connectivity index (χ1) is 7.66. The molecule has 2 atom stereocenters. The van der Waals surface area contributed by atoms with Crippen LogP contribution in [0.4, 0.5) is 0 Å². The molecule has 1 amide bonds. The minimum absolute atomic E-state index is 0.0438. The lowest BCUT2D eigenvalue weighted by molar-refractivity contribution is -0.129. The van der Waals surface area contributed by atoms with Crippen molar-refractivity contribution in [1.82, 2.24) is 10.2 Å². The van der Waals surface area contributed by atoms with Crippen molar-refractivity contribution in [3.8, 4) is 0 Å². The van der Waals surface area contributed by atoms with Gasteiger partial charge in [0.05, 0.1) is 19.3 Å². The van der Waals surface area contributed by atoms with Crippen LogP contribution in [0.3, 0.4) is 0 Å². The number of carbonyl (C=O) groups is 1. The number of nitrogens with one attached hydrogen (secondary N) is 1. The highest BCUT2D eigenvalue weighted by molar-refractivity contribution is 5.83. The molecule has 4 nitrogen and oxygen atoms in total. The molecule has 0 saturated carbocycles. The Morgan fingerprint density at radius 1 is 1.56 bits per heavy atom. The normalized spacial score (nSPS) is 30.7. The molecule has 4 heteroatoms. The third-order valence-electron chi connectivity index (χ3n) is 3.35. The molecule has 0 radical (unpaired) electrons. The minimum Gasteiger partial charge on any atom is -0.381 e. The van der Waals surface area contributed by atoms with Gasteiger partial charge in [-0.15, -0.1) is 0 Å². The molecule has 2 fully saturated rings. The van der Waals surface area contributed by atoms with E-state index >= 15 is 0 Å². The van der Waals surface area contributed by atoms with Crippen LogP contribution in [0.5, 0.6) is 0 Å². The number of ether oxygens (including phenoxy) is 1. The zero-order valence-corrected chi connectivity index (χ0v) is 10.2. The zero-order chi connectivity index (χ0) is 11.5. The fourth-order valence-electron chi connectivity index (χ4n) is 2.46. The Hall–Kier alpha value is -0.610. The SMILES string of the molecule is CC(C)CC1NCN(CC2CCOC2)C1=O. The molecule has 2 heterocycles. The molecule has 2 aliphatic rings. The van der Waals surface area contributed by atoms with Gasteiger partial charge in [-0.3, -0.25) is 10.1 Å². The van der Waals surface area contributed by atoms with E-state index in [1.165, 1.54) is 0 Å². The summed E-state index contributed by atoms with van der Waals surface area (Å²) < 4.78 is 5.34. The van der Waals surface area contributed by atoms with Gasteiger partial charge < -0.3 is 9.64 Å². The van der Waals surface area contributed by atoms with Gasteiger partial charge in [0.2, 0.25) is 5.91 Å². The van der Waals surface area contributed by atoms with Gasteiger partial charge >= 0.3 is 0 Å². The van der Waals surface area contributed by atoms with E-state index in [9.17, 15) is 4.79 Å². The molecular weight excluding hydrogens is 204 g/mol. The highest BCUT2D eigenvalue weighted by Gasteiger charge is 2.33. The molecule has 2 unspecified atom stereocenters. The second kappa shape index (κ2) is 5.15. The lowest BCUT2D eigenvalue weighted by Gasteiger charge is -2.19. The Balaban J connectivity index is 1.81. The highest BCUT2D eigenvalue weighted by Crippen LogP contribution is 2.18. The van der Waals surface area contributed by atoms with Crippen LogP contribution in [0.15, 0.2) is 0 Å². The molecule has 0 aromatic heterocycles. The third kappa shape index (κ3) is 2.74. The quantitative estimate of drug-likeness (QED) is 0.772. The van der Waals surface area contributed by atoms with Gasteiger partial charge in [-0.05, 0) is 18.8 Å². The third-order valence-corrected chi connectivity index (χ3v) is 3.35. The van der Waals surface area contributed by atoms with Crippen LogP contribution >= 0.6 is 0 Å². The number of hydrogen-bond donors (Lipinski definition) is 1. The first-order valence-corrected chi connectivity index (χ1v) is 6.26. The van der Waals surface area contributed by atoms with Crippen LogP contribution in [0.25, 0.3) is 0 Å². The predicted molar refractivity (Wildman–Crippen MR) is 61.9 cm³/mol. The van der Waals surface area contributed by atoms with Crippen molar-refractivity contribution in [2.45, 2.75) is 32.7 Å². The Bertz CT molecular complexity index is 249. The average molecular weight is 226 g/mol. The molecule has 0 aliphatic carbocycles. The van der Waals surface area contributed by atoms with Crippen LogP contribution in [0.2, 0.25) is 0 Å². The van der Waals surface area contributed by atoms with Crippen molar-refractivity contribution in [3.05, 3.63) is 0 Å². The summed E-state index contributed by atoms with van der Waals surface area (Å²) >= 11 is 0. The maximum atomic E-state index is 12.1. The summed E-state index contributed by atoms with van der Waals surface area (Å²) in [4.78, 5) is 14.0. The molecule has 1 N–H and O–H groups in total. The zero-order valence-electron chi connectivity index (χ0n) is 10.2. The first kappa shape index (κ1) is 11.9. The topological polar surface area (TPSA) is 41.6 Å². The molecule has 92 valence electrons. The molecule has 0 aromatic carbocycles. The lowest BCUT2D eigenvalue weighted by Crippen LogP contribution is -2.34. The molecule has 2 aliphatic heterocycles. The van der Waals surface area contributed by atoms with E-state index in [1.807, 2.05) is 4.90 Å². The van der Waals surface area contributed by atoms with E-state index in [2.05, 4.69) is 19.2 Å². The fraction of sp³-hybridized carbons (Fsp3) is 0.917. The largest absolute Gasteiger partial charge is 0.381 e. The summed E-state index contributed by atoms with van der Waals surface area (Å²) in [6.07, 6.45) is 2.04. The molecule has 16 heavy (non-hydrogen) atoms. The van der Waals surface area contributed by atoms with Crippen LogP contribution in [0, 0.1) is 11.8 Å². The molecule has 2 rings (SSSR count). The van der Waals surface area contributed by atoms with E-state index in [1.54, 1.807) is 0 Å². The summed E-state index contributed by atoms with van der Waals surface area (Å²) in [5.41, 5.74) is 0. The molecular formula is C12H22N2O2. The fourth-order valence-corrected chi connectivity index (χ4v) is 2.46. The summed E-state index contributed by atoms with van der Waals surface area (Å²) in [6, 6.07) is 0.0438. The Morgan fingerprint density at radius 2 is 2.38 bits per heavy atom. The first-order valence-electron chi connectivity index (χ1n) is 6.26. The average Bonchev–Trinajstić information content (AvgIpc) is 2.82. The lowest BCUT2D eigenvalue weighted by atomic mass is 10.0. The number of carbonyl (C=O) groups excluding carboxylic acids is 1. The molecule has 0 aromatic rings. The number of amides is 1. The predicted octanol–water partition coefficient (Wildman–Crippen LogP) is 0.827. The van der Waals surface area contributed by atoms with E-state index in [0.29, 0.717) is 18.5 Å². The maximum Gasteiger partial charge on any atom is 0.240 e. The van der Waals surface area contributed by atoms with Crippen molar-refractivity contribution >= 4 is 5.91 Å². The van der Waals surface area contributed by atoms with Gasteiger partial charge in [-0.25, -0.2) is 0 Å². The maximum absolute atomic E-state index is 12.1. The second-order valence-electron chi connectivity index (χ2n) is 5.33. The number of nitrogens with zero attached hydrogens (tertiary/aromatic N) is 1. The van der Waals surface area contributed by atoms with Crippen LogP contribution in [-0.2, 0) is 9.53 Å². The summed E-state index contributed by atoms with van der Waals surface area (Å²) in [5, 5.41) is 3.30. The van der Waals surface area contributed by atoms with Gasteiger partial charge in [0, 0.05) is 19.1 Å².